The van der Waals surface area contributed by atoms with Crippen LogP contribution in [0.15, 0.2) is 4.79 Å². The second-order valence-corrected chi connectivity index (χ2v) is 7.22. The van der Waals surface area contributed by atoms with E-state index in [-0.39, 0.29) is 5.56 Å². The first-order valence-electron chi connectivity index (χ1n) is 9.91. The molecule has 1 heterocycles. The van der Waals surface area contributed by atoms with Crippen LogP contribution in [0.4, 0.5) is 0 Å². The zero-order chi connectivity index (χ0) is 17.9. The van der Waals surface area contributed by atoms with Gasteiger partial charge < -0.3 is 5.21 Å². The maximum absolute atomic E-state index is 12.0. The number of hydrogen-bond acceptors (Lipinski definition) is 2. The van der Waals surface area contributed by atoms with Crippen LogP contribution in [0.5, 0.6) is 0 Å². The highest BCUT2D eigenvalue weighted by Gasteiger charge is 2.13. The van der Waals surface area contributed by atoms with Crippen molar-refractivity contribution in [1.29, 1.82) is 0 Å². The smallest absolute Gasteiger partial charge is 0.286 e. The van der Waals surface area contributed by atoms with Crippen LogP contribution in [-0.2, 0) is 6.42 Å². The summed E-state index contributed by atoms with van der Waals surface area (Å²) < 4.78 is 0.869. The van der Waals surface area contributed by atoms with Gasteiger partial charge in [-0.1, -0.05) is 71.1 Å². The van der Waals surface area contributed by atoms with Crippen molar-refractivity contribution >= 4 is 0 Å². The largest absolute Gasteiger partial charge is 0.425 e. The number of rotatable bonds is 12. The number of aromatic nitrogens is 1. The van der Waals surface area contributed by atoms with E-state index < -0.39 is 0 Å². The van der Waals surface area contributed by atoms with E-state index >= 15 is 0 Å². The van der Waals surface area contributed by atoms with Gasteiger partial charge in [0.2, 0.25) is 0 Å². The Balaban J connectivity index is 2.22. The van der Waals surface area contributed by atoms with Crippen molar-refractivity contribution in [2.24, 2.45) is 0 Å². The molecule has 0 saturated heterocycles. The summed E-state index contributed by atoms with van der Waals surface area (Å²) >= 11 is 0. The second kappa shape index (κ2) is 11.3. The highest BCUT2D eigenvalue weighted by atomic mass is 16.5. The average Bonchev–Trinajstić information content (AvgIpc) is 2.58. The van der Waals surface area contributed by atoms with E-state index in [0.717, 1.165) is 34.4 Å². The predicted octanol–water partition coefficient (Wildman–Crippen LogP) is 5.86. The first-order valence-corrected chi connectivity index (χ1v) is 9.91. The molecule has 0 bridgehead atoms. The average molecular weight is 336 g/mol. The highest BCUT2D eigenvalue weighted by Crippen LogP contribution is 2.17. The summed E-state index contributed by atoms with van der Waals surface area (Å²) in [5.41, 5.74) is 3.25. The van der Waals surface area contributed by atoms with Gasteiger partial charge in [-0.05, 0) is 44.7 Å². The predicted molar refractivity (Wildman–Crippen MR) is 102 cm³/mol. The molecule has 0 fully saturated rings. The van der Waals surface area contributed by atoms with Gasteiger partial charge in [0.05, 0.1) is 5.69 Å². The van der Waals surface area contributed by atoms with E-state index in [1.807, 2.05) is 13.8 Å². The SMILES string of the molecule is CCCCCCCCCCCCCc1c(C)c(C)c(C)c(=O)n1O. The van der Waals surface area contributed by atoms with E-state index in [0.29, 0.717) is 5.56 Å². The van der Waals surface area contributed by atoms with Crippen LogP contribution < -0.4 is 5.56 Å². The van der Waals surface area contributed by atoms with Crippen molar-refractivity contribution in [2.45, 2.75) is 105 Å². The number of nitrogens with zero attached hydrogens (tertiary/aromatic N) is 1. The molecule has 138 valence electrons. The molecule has 0 aliphatic heterocycles. The van der Waals surface area contributed by atoms with Gasteiger partial charge in [-0.25, -0.2) is 0 Å². The molecule has 3 nitrogen and oxygen atoms in total. The molecule has 0 spiro atoms. The van der Waals surface area contributed by atoms with Crippen LogP contribution in [0.2, 0.25) is 0 Å². The minimum absolute atomic E-state index is 0.267. The Kier molecular flexibility index (Phi) is 9.82. The molecule has 1 N–H and O–H groups in total. The summed E-state index contributed by atoms with van der Waals surface area (Å²) in [6.07, 6.45) is 15.2. The zero-order valence-electron chi connectivity index (χ0n) is 16.3. The lowest BCUT2D eigenvalue weighted by molar-refractivity contribution is 0.163. The van der Waals surface area contributed by atoms with Crippen molar-refractivity contribution in [3.8, 4) is 0 Å². The fourth-order valence-electron chi connectivity index (χ4n) is 3.35. The van der Waals surface area contributed by atoms with Gasteiger partial charge in [-0.2, -0.15) is 4.73 Å². The molecular weight excluding hydrogens is 298 g/mol. The molecule has 1 rings (SSSR count). The number of pyridine rings is 1. The first kappa shape index (κ1) is 20.8. The summed E-state index contributed by atoms with van der Waals surface area (Å²) in [5, 5.41) is 10.0. The van der Waals surface area contributed by atoms with E-state index in [1.54, 1.807) is 6.92 Å². The Bertz CT molecular complexity index is 546. The third-order valence-corrected chi connectivity index (χ3v) is 5.34. The van der Waals surface area contributed by atoms with Crippen molar-refractivity contribution in [1.82, 2.24) is 4.73 Å². The summed E-state index contributed by atoms with van der Waals surface area (Å²) in [6, 6.07) is 0. The summed E-state index contributed by atoms with van der Waals surface area (Å²) in [4.78, 5) is 12.0. The van der Waals surface area contributed by atoms with Gasteiger partial charge in [0.25, 0.3) is 5.56 Å². The lowest BCUT2D eigenvalue weighted by Gasteiger charge is -2.14. The normalized spacial score (nSPS) is 11.2. The molecule has 1 aromatic heterocycles. The second-order valence-electron chi connectivity index (χ2n) is 7.22. The topological polar surface area (TPSA) is 42.2 Å². The van der Waals surface area contributed by atoms with Crippen molar-refractivity contribution in [3.05, 3.63) is 32.7 Å². The number of hydrogen-bond donors (Lipinski definition) is 1. The van der Waals surface area contributed by atoms with E-state index in [2.05, 4.69) is 6.92 Å². The molecule has 0 unspecified atom stereocenters. The van der Waals surface area contributed by atoms with E-state index in [1.165, 1.54) is 64.2 Å². The van der Waals surface area contributed by atoms with Crippen molar-refractivity contribution in [3.63, 3.8) is 0 Å². The monoisotopic (exact) mass is 335 g/mol. The third kappa shape index (κ3) is 6.33. The van der Waals surface area contributed by atoms with Crippen LogP contribution in [-0.4, -0.2) is 9.94 Å². The minimum Gasteiger partial charge on any atom is -0.425 e. The van der Waals surface area contributed by atoms with Crippen LogP contribution in [0.3, 0.4) is 0 Å². The molecule has 3 heteroatoms. The Hall–Kier alpha value is -1.25. The van der Waals surface area contributed by atoms with Gasteiger partial charge in [0, 0.05) is 5.56 Å². The standard InChI is InChI=1S/C21H37NO2/c1-5-6-7-8-9-10-11-12-13-14-15-16-20-18(3)17(2)19(4)21(23)22(20)24/h24H,5-16H2,1-4H3. The van der Waals surface area contributed by atoms with Crippen LogP contribution in [0.1, 0.15) is 99.9 Å². The Morgan fingerprint density at radius 2 is 1.17 bits per heavy atom. The Morgan fingerprint density at radius 1 is 0.708 bits per heavy atom. The molecule has 0 atom stereocenters. The number of unbranched alkanes of at least 4 members (excludes halogenated alkanes) is 10. The van der Waals surface area contributed by atoms with Crippen LogP contribution >= 0.6 is 0 Å². The molecule has 0 saturated carbocycles. The maximum atomic E-state index is 12.0. The van der Waals surface area contributed by atoms with Gasteiger partial charge in [-0.3, -0.25) is 4.79 Å². The lowest BCUT2D eigenvalue weighted by Crippen LogP contribution is -2.26. The van der Waals surface area contributed by atoms with Gasteiger partial charge >= 0.3 is 0 Å². The molecule has 0 amide bonds. The quantitative estimate of drug-likeness (QED) is 0.384. The molecule has 24 heavy (non-hydrogen) atoms. The Morgan fingerprint density at radius 3 is 1.67 bits per heavy atom. The lowest BCUT2D eigenvalue weighted by atomic mass is 10.00. The van der Waals surface area contributed by atoms with Crippen molar-refractivity contribution in [2.75, 3.05) is 0 Å². The summed E-state index contributed by atoms with van der Waals surface area (Å²) in [7, 11) is 0. The van der Waals surface area contributed by atoms with Crippen LogP contribution in [0.25, 0.3) is 0 Å². The molecule has 0 aliphatic carbocycles. The zero-order valence-corrected chi connectivity index (χ0v) is 16.3. The van der Waals surface area contributed by atoms with E-state index in [4.69, 9.17) is 0 Å². The van der Waals surface area contributed by atoms with Gasteiger partial charge in [0.1, 0.15) is 0 Å². The fraction of sp³-hybridized carbons (Fsp3) is 0.762. The first-order chi connectivity index (χ1) is 11.5. The van der Waals surface area contributed by atoms with Gasteiger partial charge in [0.15, 0.2) is 0 Å². The minimum atomic E-state index is -0.267. The Labute approximate surface area is 148 Å². The molecular formula is C21H37NO2. The third-order valence-electron chi connectivity index (χ3n) is 5.34. The van der Waals surface area contributed by atoms with Crippen molar-refractivity contribution < 1.29 is 5.21 Å². The maximum Gasteiger partial charge on any atom is 0.286 e. The van der Waals surface area contributed by atoms with E-state index in [9.17, 15) is 10.0 Å². The van der Waals surface area contributed by atoms with Gasteiger partial charge in [-0.15, -0.1) is 0 Å². The molecule has 0 aliphatic rings. The molecule has 0 aromatic carbocycles. The molecule has 1 aromatic rings. The molecule has 0 radical (unpaired) electrons. The fourth-order valence-corrected chi connectivity index (χ4v) is 3.35. The highest BCUT2D eigenvalue weighted by molar-refractivity contribution is 5.34. The summed E-state index contributed by atoms with van der Waals surface area (Å²) in [5.74, 6) is 0. The van der Waals surface area contributed by atoms with Crippen LogP contribution in [0, 0.1) is 20.8 Å². The summed E-state index contributed by atoms with van der Waals surface area (Å²) in [6.45, 7) is 8.01.